The minimum absolute atomic E-state index is 0.266. The molecule has 260 valence electrons. The van der Waals surface area contributed by atoms with Crippen molar-refractivity contribution in [3.05, 3.63) is 120 Å². The van der Waals surface area contributed by atoms with Gasteiger partial charge in [-0.05, 0) is 61.8 Å². The topological polar surface area (TPSA) is 154 Å². The number of amides is 4. The highest BCUT2D eigenvalue weighted by Gasteiger charge is 2.45. The molecule has 1 fully saturated rings. The number of nitrogens with two attached hydrogens (primary N) is 1. The fourth-order valence-electron chi connectivity index (χ4n) is 6.43. The van der Waals surface area contributed by atoms with Crippen LogP contribution >= 0.6 is 0 Å². The molecule has 0 bridgehead atoms. The maximum atomic E-state index is 14.3. The van der Waals surface area contributed by atoms with Crippen LogP contribution in [0.1, 0.15) is 92.7 Å². The second-order valence-electron chi connectivity index (χ2n) is 12.7. The molecule has 1 aliphatic carbocycles. The Balaban J connectivity index is 1.57. The molecule has 4 amide bonds. The maximum absolute atomic E-state index is 14.3. The summed E-state index contributed by atoms with van der Waals surface area (Å²) in [6.45, 7) is 7.75. The van der Waals surface area contributed by atoms with Gasteiger partial charge in [0.15, 0.2) is 0 Å². The number of rotatable bonds is 17. The zero-order chi connectivity index (χ0) is 35.3. The highest BCUT2D eigenvalue weighted by Crippen LogP contribution is 2.32. The van der Waals surface area contributed by atoms with E-state index in [0.717, 1.165) is 24.0 Å². The molecule has 0 spiro atoms. The lowest BCUT2D eigenvalue weighted by molar-refractivity contribution is -0.137. The van der Waals surface area contributed by atoms with Gasteiger partial charge in [0, 0.05) is 12.1 Å². The lowest BCUT2D eigenvalue weighted by Gasteiger charge is -2.35. The largest absolute Gasteiger partial charge is 0.386 e. The van der Waals surface area contributed by atoms with Gasteiger partial charge in [0.05, 0.1) is 11.9 Å². The monoisotopic (exact) mass is 666 g/mol. The third kappa shape index (κ3) is 9.49. The zero-order valence-corrected chi connectivity index (χ0v) is 28.6. The third-order valence-electron chi connectivity index (χ3n) is 9.47. The smallest absolute Gasteiger partial charge is 0.252 e. The molecular weight excluding hydrogens is 616 g/mol. The molecule has 4 rings (SSSR count). The Morgan fingerprint density at radius 3 is 1.86 bits per heavy atom. The van der Waals surface area contributed by atoms with E-state index in [1.54, 1.807) is 24.3 Å². The molecular formula is C39H50N6O4. The number of benzene rings is 3. The van der Waals surface area contributed by atoms with E-state index in [-0.39, 0.29) is 18.2 Å². The summed E-state index contributed by atoms with van der Waals surface area (Å²) in [5.74, 6) is -1.26. The Kier molecular flexibility index (Phi) is 13.0. The molecule has 0 aromatic heterocycles. The van der Waals surface area contributed by atoms with Crippen molar-refractivity contribution >= 4 is 23.6 Å². The van der Waals surface area contributed by atoms with Gasteiger partial charge in [-0.25, -0.2) is 0 Å². The van der Waals surface area contributed by atoms with Crippen LogP contribution in [0.15, 0.2) is 103 Å². The Morgan fingerprint density at radius 1 is 0.816 bits per heavy atom. The highest BCUT2D eigenvalue weighted by molar-refractivity contribution is 6.01. The van der Waals surface area contributed by atoms with Gasteiger partial charge < -0.3 is 32.3 Å². The van der Waals surface area contributed by atoms with E-state index in [1.807, 2.05) is 80.6 Å². The van der Waals surface area contributed by atoms with Crippen LogP contribution in [0.5, 0.6) is 0 Å². The number of carbonyl (C=O) groups excluding carboxylic acids is 4. The van der Waals surface area contributed by atoms with Crippen LogP contribution in [0.4, 0.5) is 0 Å². The van der Waals surface area contributed by atoms with E-state index in [4.69, 9.17) is 5.73 Å². The lowest BCUT2D eigenvalue weighted by atomic mass is 9.90. The van der Waals surface area contributed by atoms with Crippen molar-refractivity contribution < 1.29 is 19.2 Å². The van der Waals surface area contributed by atoms with Gasteiger partial charge in [-0.2, -0.15) is 0 Å². The predicted octanol–water partition coefficient (Wildman–Crippen LogP) is 4.59. The lowest BCUT2D eigenvalue weighted by Crippen LogP contribution is -2.64. The molecule has 3 aromatic carbocycles. The van der Waals surface area contributed by atoms with Gasteiger partial charge in [0.1, 0.15) is 17.1 Å². The normalized spacial score (nSPS) is 14.3. The molecule has 1 atom stereocenters. The molecule has 49 heavy (non-hydrogen) atoms. The van der Waals surface area contributed by atoms with Crippen molar-refractivity contribution in [2.24, 2.45) is 5.73 Å². The fraction of sp³-hybridized carbons (Fsp3) is 0.385. The zero-order valence-electron chi connectivity index (χ0n) is 28.6. The van der Waals surface area contributed by atoms with Crippen LogP contribution in [0, 0.1) is 0 Å². The first-order valence-electron chi connectivity index (χ1n) is 17.2. The number of hydrogen-bond acceptors (Lipinski definition) is 6. The fourth-order valence-corrected chi connectivity index (χ4v) is 6.43. The van der Waals surface area contributed by atoms with Crippen molar-refractivity contribution in [2.45, 2.75) is 88.4 Å². The minimum Gasteiger partial charge on any atom is -0.386 e. The summed E-state index contributed by atoms with van der Waals surface area (Å²) in [4.78, 5) is 55.6. The molecule has 0 radical (unpaired) electrons. The highest BCUT2D eigenvalue weighted by atomic mass is 16.2. The Bertz CT molecular complexity index is 1510. The van der Waals surface area contributed by atoms with E-state index < -0.39 is 35.0 Å². The van der Waals surface area contributed by atoms with E-state index in [2.05, 4.69) is 33.2 Å². The summed E-state index contributed by atoms with van der Waals surface area (Å²) in [6, 6.07) is 26.8. The Morgan fingerprint density at radius 2 is 1.35 bits per heavy atom. The summed E-state index contributed by atoms with van der Waals surface area (Å²) in [5.41, 5.74) is 5.56. The van der Waals surface area contributed by atoms with Crippen molar-refractivity contribution in [3.63, 3.8) is 0 Å². The van der Waals surface area contributed by atoms with E-state index in [0.29, 0.717) is 50.0 Å². The molecule has 10 nitrogen and oxygen atoms in total. The van der Waals surface area contributed by atoms with Crippen molar-refractivity contribution in [3.8, 4) is 0 Å². The average Bonchev–Trinajstić information content (AvgIpc) is 3.61. The molecule has 0 aliphatic heterocycles. The second kappa shape index (κ2) is 17.3. The summed E-state index contributed by atoms with van der Waals surface area (Å²) in [5, 5.41) is 15.2. The van der Waals surface area contributed by atoms with Gasteiger partial charge in [0.25, 0.3) is 5.91 Å². The summed E-state index contributed by atoms with van der Waals surface area (Å²) >= 11 is 0. The average molecular weight is 667 g/mol. The van der Waals surface area contributed by atoms with Gasteiger partial charge in [-0.15, -0.1) is 0 Å². The van der Waals surface area contributed by atoms with Gasteiger partial charge in [-0.3, -0.25) is 19.2 Å². The van der Waals surface area contributed by atoms with E-state index in [9.17, 15) is 19.2 Å². The number of nitrogens with one attached hydrogen (secondary N) is 5. The van der Waals surface area contributed by atoms with Crippen molar-refractivity contribution in [2.75, 3.05) is 6.54 Å². The number of hydrogen-bond donors (Lipinski definition) is 6. The predicted molar refractivity (Wildman–Crippen MR) is 192 cm³/mol. The molecule has 0 unspecified atom stereocenters. The first kappa shape index (κ1) is 36.7. The molecule has 10 heteroatoms. The SMILES string of the molecule is C=C(N)NCCC[C@H](NC(=O)C(CC)(CC)NC(=O)c1ccccc1)C(=O)NC1(C(=O)NC(c2ccccc2)c2ccccc2)CCCC1. The van der Waals surface area contributed by atoms with E-state index in [1.165, 1.54) is 0 Å². The summed E-state index contributed by atoms with van der Waals surface area (Å²) in [7, 11) is 0. The molecule has 3 aromatic rings. The molecule has 0 saturated heterocycles. The molecule has 7 N–H and O–H groups in total. The molecule has 1 aliphatic rings. The summed E-state index contributed by atoms with van der Waals surface area (Å²) < 4.78 is 0. The van der Waals surface area contributed by atoms with Crippen LogP contribution in [-0.4, -0.2) is 47.3 Å². The van der Waals surface area contributed by atoms with Crippen molar-refractivity contribution in [1.82, 2.24) is 26.6 Å². The maximum Gasteiger partial charge on any atom is 0.252 e. The number of carbonyl (C=O) groups is 4. The summed E-state index contributed by atoms with van der Waals surface area (Å²) in [6.07, 6.45) is 3.85. The molecule has 0 heterocycles. The Labute approximate surface area is 289 Å². The van der Waals surface area contributed by atoms with Crippen LogP contribution < -0.4 is 32.3 Å². The molecule has 1 saturated carbocycles. The standard InChI is InChI=1S/C39H50N6O4/c1-4-38(5-2,44-34(46)31-22-13-8-14-23-31)36(48)42-32(24-17-27-41-28(3)40)35(47)45-39(25-15-16-26-39)37(49)43-33(29-18-9-6-10-19-29)30-20-11-7-12-21-30/h6-14,18-23,32-33,41H,3-5,15-17,24-27,40H2,1-2H3,(H,42,48)(H,43,49)(H,44,46)(H,45,47)/t32-/m0/s1. The van der Waals surface area contributed by atoms with Crippen LogP contribution in [0.25, 0.3) is 0 Å². The quantitative estimate of drug-likeness (QED) is 0.116. The van der Waals surface area contributed by atoms with Gasteiger partial charge >= 0.3 is 0 Å². The second-order valence-corrected chi connectivity index (χ2v) is 12.7. The van der Waals surface area contributed by atoms with Crippen LogP contribution in [-0.2, 0) is 14.4 Å². The van der Waals surface area contributed by atoms with Crippen LogP contribution in [0.2, 0.25) is 0 Å². The first-order chi connectivity index (χ1) is 23.6. The van der Waals surface area contributed by atoms with Crippen LogP contribution in [0.3, 0.4) is 0 Å². The minimum atomic E-state index is -1.25. The third-order valence-corrected chi connectivity index (χ3v) is 9.47. The van der Waals surface area contributed by atoms with Gasteiger partial charge in [-0.1, -0.05) is 112 Å². The van der Waals surface area contributed by atoms with E-state index >= 15 is 0 Å². The van der Waals surface area contributed by atoms with Crippen molar-refractivity contribution in [1.29, 1.82) is 0 Å². The van der Waals surface area contributed by atoms with Gasteiger partial charge in [0.2, 0.25) is 17.7 Å². The Hall–Kier alpha value is -5.12. The first-order valence-corrected chi connectivity index (χ1v) is 17.2.